The van der Waals surface area contributed by atoms with Crippen molar-refractivity contribution in [3.63, 3.8) is 0 Å². The van der Waals surface area contributed by atoms with Crippen LogP contribution in [0.25, 0.3) is 10.4 Å². The first kappa shape index (κ1) is 15.3. The van der Waals surface area contributed by atoms with Crippen LogP contribution in [0.4, 0.5) is 13.6 Å². The van der Waals surface area contributed by atoms with Gasteiger partial charge in [0, 0.05) is 9.93 Å². The zero-order valence-corrected chi connectivity index (χ0v) is 11.4. The van der Waals surface area contributed by atoms with E-state index in [0.29, 0.717) is 15.5 Å². The van der Waals surface area contributed by atoms with E-state index in [-0.39, 0.29) is 6.42 Å². The van der Waals surface area contributed by atoms with Crippen molar-refractivity contribution in [3.8, 4) is 0 Å². The number of carboxylic acid groups (broad SMARTS) is 1. The minimum absolute atomic E-state index is 0.00780. The maximum absolute atomic E-state index is 13.8. The van der Waals surface area contributed by atoms with Crippen molar-refractivity contribution < 1.29 is 18.7 Å². The van der Waals surface area contributed by atoms with E-state index in [1.807, 2.05) is 0 Å². The molecule has 0 saturated carbocycles. The molecular formula is C12H11ClF2N4O2. The summed E-state index contributed by atoms with van der Waals surface area (Å²) in [5, 5.41) is 12.6. The third-order valence-electron chi connectivity index (χ3n) is 3.33. The molecule has 0 spiro atoms. The number of hydrogen-bond donors (Lipinski definition) is 1. The van der Waals surface area contributed by atoms with Gasteiger partial charge in [-0.15, -0.1) is 0 Å². The first-order chi connectivity index (χ1) is 9.85. The predicted octanol–water partition coefficient (Wildman–Crippen LogP) is 3.56. The molecule has 112 valence electrons. The molecule has 21 heavy (non-hydrogen) atoms. The summed E-state index contributed by atoms with van der Waals surface area (Å²) < 4.78 is 27.7. The summed E-state index contributed by atoms with van der Waals surface area (Å²) in [5.74, 6) is -3.39. The van der Waals surface area contributed by atoms with E-state index in [1.165, 1.54) is 0 Å². The number of carbonyl (C=O) groups is 1. The number of hydrogen-bond acceptors (Lipinski definition) is 2. The number of alkyl halides is 2. The zero-order chi connectivity index (χ0) is 15.6. The highest BCUT2D eigenvalue weighted by Gasteiger charge is 2.55. The van der Waals surface area contributed by atoms with Gasteiger partial charge in [0.05, 0.1) is 12.6 Å². The molecule has 1 N–H and O–H groups in total. The average molecular weight is 317 g/mol. The Labute approximate surface area is 123 Å². The Bertz CT molecular complexity index is 607. The van der Waals surface area contributed by atoms with Crippen molar-refractivity contribution in [2.75, 3.05) is 6.54 Å². The first-order valence-electron chi connectivity index (χ1n) is 6.01. The van der Waals surface area contributed by atoms with Crippen molar-refractivity contribution in [3.05, 3.63) is 45.3 Å². The predicted molar refractivity (Wildman–Crippen MR) is 71.6 cm³/mol. The van der Waals surface area contributed by atoms with Crippen LogP contribution >= 0.6 is 11.6 Å². The van der Waals surface area contributed by atoms with Crippen LogP contribution in [-0.2, 0) is 6.42 Å². The number of azide groups is 1. The Morgan fingerprint density at radius 1 is 1.62 bits per heavy atom. The van der Waals surface area contributed by atoms with E-state index in [2.05, 4.69) is 10.0 Å². The van der Waals surface area contributed by atoms with Crippen molar-refractivity contribution in [2.24, 2.45) is 5.11 Å². The molecule has 1 aliphatic rings. The van der Waals surface area contributed by atoms with Crippen LogP contribution in [0.1, 0.15) is 5.56 Å². The fourth-order valence-corrected chi connectivity index (χ4v) is 2.66. The molecule has 0 radical (unpaired) electrons. The maximum atomic E-state index is 13.8. The van der Waals surface area contributed by atoms with Gasteiger partial charge in [0.2, 0.25) is 0 Å². The van der Waals surface area contributed by atoms with Gasteiger partial charge in [-0.3, -0.25) is 4.90 Å². The molecule has 1 heterocycles. The summed E-state index contributed by atoms with van der Waals surface area (Å²) in [6, 6.07) is 3.59. The lowest BCUT2D eigenvalue weighted by atomic mass is 9.99. The van der Waals surface area contributed by atoms with Crippen LogP contribution in [0.2, 0.25) is 5.02 Å². The summed E-state index contributed by atoms with van der Waals surface area (Å²) in [6.07, 6.45) is -1.48. The second-order valence-corrected chi connectivity index (χ2v) is 5.16. The zero-order valence-electron chi connectivity index (χ0n) is 10.7. The highest BCUT2D eigenvalue weighted by atomic mass is 35.5. The first-order valence-corrected chi connectivity index (χ1v) is 6.39. The van der Waals surface area contributed by atoms with Crippen LogP contribution in [-0.4, -0.2) is 40.7 Å². The SMILES string of the molecule is [N-]=[N+]=NC1C(Cc2cccc(Cl)c2)N(C(=O)O)CC1(F)F. The summed E-state index contributed by atoms with van der Waals surface area (Å²) in [7, 11) is 0. The number of amides is 1. The van der Waals surface area contributed by atoms with Gasteiger partial charge in [-0.2, -0.15) is 0 Å². The van der Waals surface area contributed by atoms with Gasteiger partial charge < -0.3 is 5.11 Å². The smallest absolute Gasteiger partial charge is 0.407 e. The number of benzene rings is 1. The van der Waals surface area contributed by atoms with Gasteiger partial charge in [0.1, 0.15) is 6.04 Å². The summed E-state index contributed by atoms with van der Waals surface area (Å²) in [5.41, 5.74) is 9.04. The molecule has 1 aliphatic heterocycles. The quantitative estimate of drug-likeness (QED) is 0.525. The molecule has 1 fully saturated rings. The molecule has 0 bridgehead atoms. The second kappa shape index (κ2) is 5.75. The lowest BCUT2D eigenvalue weighted by Gasteiger charge is -2.23. The van der Waals surface area contributed by atoms with Gasteiger partial charge in [0.15, 0.2) is 0 Å². The third-order valence-corrected chi connectivity index (χ3v) is 3.57. The molecule has 0 aromatic heterocycles. The molecule has 2 atom stereocenters. The number of nitrogens with zero attached hydrogens (tertiary/aromatic N) is 4. The molecule has 1 saturated heterocycles. The standard InChI is InChI=1S/C12H11ClF2N4O2/c13-8-3-1-2-7(4-8)5-9-10(17-18-16)12(14,15)6-19(9)11(20)21/h1-4,9-10H,5-6H2,(H,20,21). The minimum Gasteiger partial charge on any atom is -0.465 e. The minimum atomic E-state index is -3.39. The Hall–Kier alpha value is -2.05. The highest BCUT2D eigenvalue weighted by molar-refractivity contribution is 6.30. The van der Waals surface area contributed by atoms with Crippen LogP contribution in [0.15, 0.2) is 29.4 Å². The molecule has 0 aliphatic carbocycles. The third kappa shape index (κ3) is 3.17. The molecule has 1 aromatic rings. The van der Waals surface area contributed by atoms with Gasteiger partial charge in [-0.05, 0) is 29.6 Å². The molecule has 2 unspecified atom stereocenters. The van der Waals surface area contributed by atoms with Crippen LogP contribution in [0.3, 0.4) is 0 Å². The van der Waals surface area contributed by atoms with Crippen LogP contribution < -0.4 is 0 Å². The molecular weight excluding hydrogens is 306 g/mol. The summed E-state index contributed by atoms with van der Waals surface area (Å²) >= 11 is 5.82. The van der Waals surface area contributed by atoms with E-state index in [4.69, 9.17) is 22.2 Å². The Morgan fingerprint density at radius 2 is 2.33 bits per heavy atom. The fraction of sp³-hybridized carbons (Fsp3) is 0.417. The molecule has 1 aromatic carbocycles. The largest absolute Gasteiger partial charge is 0.465 e. The second-order valence-electron chi connectivity index (χ2n) is 4.72. The lowest BCUT2D eigenvalue weighted by Crippen LogP contribution is -2.40. The fourth-order valence-electron chi connectivity index (χ4n) is 2.44. The molecule has 2 rings (SSSR count). The van der Waals surface area contributed by atoms with Gasteiger partial charge >= 0.3 is 6.09 Å². The van der Waals surface area contributed by atoms with E-state index in [9.17, 15) is 13.6 Å². The van der Waals surface area contributed by atoms with Crippen molar-refractivity contribution in [1.29, 1.82) is 0 Å². The van der Waals surface area contributed by atoms with Gasteiger partial charge in [0.25, 0.3) is 5.92 Å². The number of halogens is 3. The Morgan fingerprint density at radius 3 is 2.90 bits per heavy atom. The molecule has 1 amide bonds. The van der Waals surface area contributed by atoms with E-state index in [1.54, 1.807) is 24.3 Å². The lowest BCUT2D eigenvalue weighted by molar-refractivity contribution is -0.00100. The van der Waals surface area contributed by atoms with Crippen LogP contribution in [0, 0.1) is 0 Å². The van der Waals surface area contributed by atoms with Crippen molar-refractivity contribution in [2.45, 2.75) is 24.4 Å². The monoisotopic (exact) mass is 316 g/mol. The molecule has 6 nitrogen and oxygen atoms in total. The number of rotatable bonds is 3. The van der Waals surface area contributed by atoms with Crippen molar-refractivity contribution in [1.82, 2.24) is 4.90 Å². The maximum Gasteiger partial charge on any atom is 0.407 e. The molecule has 9 heteroatoms. The summed E-state index contributed by atoms with van der Waals surface area (Å²) in [4.78, 5) is 14.2. The van der Waals surface area contributed by atoms with E-state index >= 15 is 0 Å². The van der Waals surface area contributed by atoms with Crippen LogP contribution in [0.5, 0.6) is 0 Å². The summed E-state index contributed by atoms with van der Waals surface area (Å²) in [6.45, 7) is -0.989. The Kier molecular flexibility index (Phi) is 4.20. The van der Waals surface area contributed by atoms with E-state index in [0.717, 1.165) is 0 Å². The Balaban J connectivity index is 2.35. The van der Waals surface area contributed by atoms with Gasteiger partial charge in [-0.25, -0.2) is 13.6 Å². The van der Waals surface area contributed by atoms with Crippen molar-refractivity contribution >= 4 is 17.7 Å². The highest BCUT2D eigenvalue weighted by Crippen LogP contribution is 2.36. The topological polar surface area (TPSA) is 89.3 Å². The normalized spacial score (nSPS) is 23.7. The van der Waals surface area contributed by atoms with Gasteiger partial charge in [-0.1, -0.05) is 28.8 Å². The van der Waals surface area contributed by atoms with E-state index < -0.39 is 30.6 Å². The average Bonchev–Trinajstić information content (AvgIpc) is 2.63. The number of likely N-dealkylation sites (tertiary alicyclic amines) is 1.